The minimum Gasteiger partial charge on any atom is -0.0622 e. The standard InChI is InChI=1S/C58H42/c1-57(2)49-28-25-39(33-47(49)55-41-18-10-8-16-36(41)23-30-51(55)57)53-43-20-12-13-21-44(43)54(46-32-38(22-27-45(46)53)35-14-6-5-7-15-35)40-26-29-50-48(34-40)56-42-19-11-9-17-37(42)24-31-52(56)58(50,3)4/h5-34H,1-4H3. The predicted molar refractivity (Wildman–Crippen MR) is 248 cm³/mol. The Morgan fingerprint density at radius 1 is 0.259 bits per heavy atom. The van der Waals surface area contributed by atoms with Gasteiger partial charge in [0.15, 0.2) is 0 Å². The number of rotatable bonds is 3. The van der Waals surface area contributed by atoms with Gasteiger partial charge in [0.2, 0.25) is 0 Å². The number of hydrogen-bond acceptors (Lipinski definition) is 0. The lowest BCUT2D eigenvalue weighted by Crippen LogP contribution is -2.14. The molecule has 0 N–H and O–H groups in total. The second-order valence-corrected chi connectivity index (χ2v) is 17.6. The molecule has 0 radical (unpaired) electrons. The molecule has 10 aromatic rings. The third-order valence-electron chi connectivity index (χ3n) is 13.8. The van der Waals surface area contributed by atoms with Gasteiger partial charge < -0.3 is 0 Å². The third kappa shape index (κ3) is 4.52. The van der Waals surface area contributed by atoms with Crippen molar-refractivity contribution in [1.82, 2.24) is 0 Å². The molecule has 0 atom stereocenters. The fraction of sp³-hybridized carbons (Fsp3) is 0.103. The van der Waals surface area contributed by atoms with Crippen LogP contribution in [0.15, 0.2) is 182 Å². The highest BCUT2D eigenvalue weighted by Crippen LogP contribution is 2.55. The van der Waals surface area contributed by atoms with Crippen LogP contribution in [0.2, 0.25) is 0 Å². The van der Waals surface area contributed by atoms with Gasteiger partial charge in [0.05, 0.1) is 0 Å². The Kier molecular flexibility index (Phi) is 6.84. The van der Waals surface area contributed by atoms with Crippen molar-refractivity contribution in [2.24, 2.45) is 0 Å². The van der Waals surface area contributed by atoms with Crippen molar-refractivity contribution in [3.8, 4) is 55.6 Å². The first-order valence-electron chi connectivity index (χ1n) is 20.7. The third-order valence-corrected chi connectivity index (χ3v) is 13.8. The molecule has 0 saturated heterocycles. The molecular formula is C58H42. The maximum absolute atomic E-state index is 2.50. The monoisotopic (exact) mass is 738 g/mol. The highest BCUT2D eigenvalue weighted by atomic mass is 14.4. The molecule has 0 nitrogen and oxygen atoms in total. The van der Waals surface area contributed by atoms with Gasteiger partial charge in [-0.25, -0.2) is 0 Å². The van der Waals surface area contributed by atoms with Gasteiger partial charge in [0.25, 0.3) is 0 Å². The first kappa shape index (κ1) is 33.4. The van der Waals surface area contributed by atoms with Crippen LogP contribution in [0.1, 0.15) is 49.9 Å². The molecule has 58 heavy (non-hydrogen) atoms. The van der Waals surface area contributed by atoms with Crippen molar-refractivity contribution in [3.63, 3.8) is 0 Å². The number of fused-ring (bicyclic) bond motifs is 12. The molecule has 0 heterocycles. The lowest BCUT2D eigenvalue weighted by atomic mass is 9.80. The van der Waals surface area contributed by atoms with E-state index >= 15 is 0 Å². The van der Waals surface area contributed by atoms with E-state index in [2.05, 4.69) is 210 Å². The molecule has 0 aromatic heterocycles. The fourth-order valence-electron chi connectivity index (χ4n) is 11.0. The molecule has 12 rings (SSSR count). The van der Waals surface area contributed by atoms with Crippen molar-refractivity contribution < 1.29 is 0 Å². The van der Waals surface area contributed by atoms with E-state index in [4.69, 9.17) is 0 Å². The highest BCUT2D eigenvalue weighted by Gasteiger charge is 2.38. The van der Waals surface area contributed by atoms with Gasteiger partial charge >= 0.3 is 0 Å². The molecular weight excluding hydrogens is 697 g/mol. The van der Waals surface area contributed by atoms with Gasteiger partial charge in [0.1, 0.15) is 0 Å². The van der Waals surface area contributed by atoms with Crippen LogP contribution in [0.4, 0.5) is 0 Å². The van der Waals surface area contributed by atoms with E-state index in [0.29, 0.717) is 0 Å². The van der Waals surface area contributed by atoms with E-state index in [-0.39, 0.29) is 10.8 Å². The normalized spacial score (nSPS) is 14.5. The molecule has 0 fully saturated rings. The van der Waals surface area contributed by atoms with E-state index < -0.39 is 0 Å². The second-order valence-electron chi connectivity index (χ2n) is 17.6. The minimum atomic E-state index is -0.0895. The topological polar surface area (TPSA) is 0 Å². The summed E-state index contributed by atoms with van der Waals surface area (Å²) in [6.07, 6.45) is 0. The van der Waals surface area contributed by atoms with Crippen molar-refractivity contribution in [1.29, 1.82) is 0 Å². The van der Waals surface area contributed by atoms with Crippen LogP contribution in [0, 0.1) is 0 Å². The van der Waals surface area contributed by atoms with Gasteiger partial charge in [0, 0.05) is 10.8 Å². The van der Waals surface area contributed by atoms with Gasteiger partial charge in [-0.2, -0.15) is 0 Å². The van der Waals surface area contributed by atoms with E-state index in [1.54, 1.807) is 0 Å². The molecule has 0 unspecified atom stereocenters. The largest absolute Gasteiger partial charge is 0.0622 e. The molecule has 2 aliphatic carbocycles. The molecule has 0 amide bonds. The zero-order chi connectivity index (χ0) is 38.9. The summed E-state index contributed by atoms with van der Waals surface area (Å²) in [6, 6.07) is 68.9. The van der Waals surface area contributed by atoms with Gasteiger partial charge in [-0.1, -0.05) is 191 Å². The Balaban J connectivity index is 1.16. The lowest BCUT2D eigenvalue weighted by molar-refractivity contribution is 0.661. The Bertz CT molecular complexity index is 3380. The van der Waals surface area contributed by atoms with E-state index in [9.17, 15) is 0 Å². The molecule has 0 heteroatoms. The average Bonchev–Trinajstić information content (AvgIpc) is 3.64. The Hall–Kier alpha value is -6.76. The van der Waals surface area contributed by atoms with Crippen LogP contribution >= 0.6 is 0 Å². The molecule has 274 valence electrons. The van der Waals surface area contributed by atoms with Crippen molar-refractivity contribution in [3.05, 3.63) is 204 Å². The quantitative estimate of drug-likeness (QED) is 0.158. The van der Waals surface area contributed by atoms with Crippen molar-refractivity contribution in [2.75, 3.05) is 0 Å². The van der Waals surface area contributed by atoms with E-state index in [1.165, 1.54) is 121 Å². The summed E-state index contributed by atoms with van der Waals surface area (Å²) in [5, 5.41) is 10.3. The van der Waals surface area contributed by atoms with E-state index in [0.717, 1.165) is 0 Å². The zero-order valence-electron chi connectivity index (χ0n) is 33.3. The van der Waals surface area contributed by atoms with Crippen LogP contribution in [0.5, 0.6) is 0 Å². The molecule has 10 aromatic carbocycles. The Morgan fingerprint density at radius 3 is 1.21 bits per heavy atom. The Morgan fingerprint density at radius 2 is 0.672 bits per heavy atom. The first-order chi connectivity index (χ1) is 28.3. The van der Waals surface area contributed by atoms with Gasteiger partial charge in [-0.3, -0.25) is 0 Å². The molecule has 0 spiro atoms. The summed E-state index contributed by atoms with van der Waals surface area (Å²) >= 11 is 0. The van der Waals surface area contributed by atoms with Gasteiger partial charge in [-0.15, -0.1) is 0 Å². The summed E-state index contributed by atoms with van der Waals surface area (Å²) in [5.74, 6) is 0. The number of hydrogen-bond donors (Lipinski definition) is 0. The summed E-state index contributed by atoms with van der Waals surface area (Å²) < 4.78 is 0. The maximum atomic E-state index is 2.50. The smallest absolute Gasteiger partial charge is 0.0159 e. The van der Waals surface area contributed by atoms with E-state index in [1.807, 2.05) is 0 Å². The molecule has 0 saturated carbocycles. The summed E-state index contributed by atoms with van der Waals surface area (Å²) in [7, 11) is 0. The zero-order valence-corrected chi connectivity index (χ0v) is 33.3. The SMILES string of the molecule is CC1(C)c2ccc(-c3c4ccccc4c(-c4ccc5c(c4)-c4c(ccc6ccccc46)C5(C)C)c4cc(-c5ccccc5)ccc34)cc2-c2c1ccc1ccccc21. The number of benzene rings is 10. The minimum absolute atomic E-state index is 0.0854. The van der Waals surface area contributed by atoms with Crippen LogP contribution in [-0.4, -0.2) is 0 Å². The van der Waals surface area contributed by atoms with Crippen LogP contribution in [0.25, 0.3) is 98.7 Å². The molecule has 0 bridgehead atoms. The van der Waals surface area contributed by atoms with Crippen molar-refractivity contribution >= 4 is 43.1 Å². The summed E-state index contributed by atoms with van der Waals surface area (Å²) in [5.41, 5.74) is 18.4. The maximum Gasteiger partial charge on any atom is 0.0159 e. The lowest BCUT2D eigenvalue weighted by Gasteiger charge is -2.23. The van der Waals surface area contributed by atoms with Crippen LogP contribution in [0.3, 0.4) is 0 Å². The second kappa shape index (κ2) is 11.9. The first-order valence-corrected chi connectivity index (χ1v) is 20.7. The average molecular weight is 739 g/mol. The highest BCUT2D eigenvalue weighted by molar-refractivity contribution is 6.22. The van der Waals surface area contributed by atoms with Gasteiger partial charge in [-0.05, 0) is 139 Å². The van der Waals surface area contributed by atoms with Crippen molar-refractivity contribution in [2.45, 2.75) is 38.5 Å². The van der Waals surface area contributed by atoms with Crippen LogP contribution < -0.4 is 0 Å². The predicted octanol–water partition coefficient (Wildman–Crippen LogP) is 15.9. The summed E-state index contributed by atoms with van der Waals surface area (Å²) in [4.78, 5) is 0. The fourth-order valence-corrected chi connectivity index (χ4v) is 11.0. The van der Waals surface area contributed by atoms with Crippen LogP contribution in [-0.2, 0) is 10.8 Å². The Labute approximate surface area is 340 Å². The summed E-state index contributed by atoms with van der Waals surface area (Å²) in [6.45, 7) is 9.54. The molecule has 0 aliphatic heterocycles. The molecule has 2 aliphatic rings.